The molecule has 0 aliphatic carbocycles. The van der Waals surface area contributed by atoms with Gasteiger partial charge in [-0.2, -0.15) is 4.39 Å². The molecule has 0 atom stereocenters. The second-order valence-electron chi connectivity index (χ2n) is 7.56. The van der Waals surface area contributed by atoms with Crippen molar-refractivity contribution in [1.29, 1.82) is 0 Å². The number of carbonyl (C=O) groups excluding carboxylic acids is 3. The van der Waals surface area contributed by atoms with Gasteiger partial charge < -0.3 is 19.7 Å². The van der Waals surface area contributed by atoms with Gasteiger partial charge in [-0.3, -0.25) is 34.6 Å². The topological polar surface area (TPSA) is 196 Å². The third-order valence-corrected chi connectivity index (χ3v) is 4.69. The van der Waals surface area contributed by atoms with Gasteiger partial charge in [0, 0.05) is 32.5 Å². The van der Waals surface area contributed by atoms with Crippen LogP contribution in [0, 0.1) is 26.0 Å². The molecule has 0 saturated carbocycles. The van der Waals surface area contributed by atoms with Crippen LogP contribution in [0.1, 0.15) is 20.8 Å². The first-order valence-electron chi connectivity index (χ1n) is 10.9. The van der Waals surface area contributed by atoms with Gasteiger partial charge in [0.25, 0.3) is 0 Å². The number of esters is 2. The Morgan fingerprint density at radius 2 is 1.45 bits per heavy atom. The maximum absolute atomic E-state index is 14.1. The molecule has 2 aromatic rings. The van der Waals surface area contributed by atoms with Crippen LogP contribution in [-0.2, 0) is 23.9 Å². The molecule has 0 heterocycles. The predicted molar refractivity (Wildman–Crippen MR) is 130 cm³/mol. The van der Waals surface area contributed by atoms with Gasteiger partial charge in [-0.25, -0.2) is 0 Å². The van der Waals surface area contributed by atoms with E-state index in [0.29, 0.717) is 17.8 Å². The van der Waals surface area contributed by atoms with E-state index in [0.717, 1.165) is 0 Å². The molecule has 2 aromatic carbocycles. The van der Waals surface area contributed by atoms with Crippen LogP contribution in [0.4, 0.5) is 38.5 Å². The van der Waals surface area contributed by atoms with Gasteiger partial charge in [0.05, 0.1) is 34.7 Å². The van der Waals surface area contributed by atoms with Crippen molar-refractivity contribution in [3.8, 4) is 0 Å². The second-order valence-corrected chi connectivity index (χ2v) is 7.56. The maximum Gasteiger partial charge on any atom is 0.311 e. The standard InChI is InChI=1S/C22H23FN6O9/c1-13(30)24-19-10-16(27(6-8-37-14(2)31)7-9-38-15(3)32)4-5-18(19)25-26-20-11-17(23)21(28(33)34)12-22(20)29(35)36/h4-5,10-12H,6-9H2,1-3H3,(H,24,30). The summed E-state index contributed by atoms with van der Waals surface area (Å²) in [4.78, 5) is 55.9. The van der Waals surface area contributed by atoms with Crippen molar-refractivity contribution < 1.29 is 38.1 Å². The summed E-state index contributed by atoms with van der Waals surface area (Å²) in [6.45, 7) is 4.16. The number of nitro benzene ring substituents is 2. The minimum absolute atomic E-state index is 0.0156. The van der Waals surface area contributed by atoms with Crippen molar-refractivity contribution in [1.82, 2.24) is 0 Å². The molecule has 0 radical (unpaired) electrons. The van der Waals surface area contributed by atoms with Crippen LogP contribution in [0.3, 0.4) is 0 Å². The molecule has 38 heavy (non-hydrogen) atoms. The van der Waals surface area contributed by atoms with Crippen molar-refractivity contribution in [3.63, 3.8) is 0 Å². The largest absolute Gasteiger partial charge is 0.464 e. The van der Waals surface area contributed by atoms with E-state index in [1.54, 1.807) is 11.0 Å². The Labute approximate surface area is 214 Å². The lowest BCUT2D eigenvalue weighted by atomic mass is 10.2. The third-order valence-electron chi connectivity index (χ3n) is 4.69. The molecule has 2 rings (SSSR count). The van der Waals surface area contributed by atoms with Crippen molar-refractivity contribution in [2.45, 2.75) is 20.8 Å². The van der Waals surface area contributed by atoms with Crippen LogP contribution >= 0.6 is 0 Å². The van der Waals surface area contributed by atoms with Crippen LogP contribution in [-0.4, -0.2) is 54.0 Å². The molecule has 0 fully saturated rings. The average molecular weight is 534 g/mol. The van der Waals surface area contributed by atoms with Crippen LogP contribution in [0.2, 0.25) is 0 Å². The Hall–Kier alpha value is -5.02. The lowest BCUT2D eigenvalue weighted by Crippen LogP contribution is -2.32. The number of carbonyl (C=O) groups is 3. The van der Waals surface area contributed by atoms with Gasteiger partial charge in [-0.1, -0.05) is 0 Å². The van der Waals surface area contributed by atoms with Gasteiger partial charge in [-0.05, 0) is 18.2 Å². The van der Waals surface area contributed by atoms with Gasteiger partial charge in [0.1, 0.15) is 18.9 Å². The van der Waals surface area contributed by atoms with Crippen LogP contribution in [0.25, 0.3) is 0 Å². The lowest BCUT2D eigenvalue weighted by molar-refractivity contribution is -0.395. The SMILES string of the molecule is CC(=O)Nc1cc(N(CCOC(C)=O)CCOC(C)=O)ccc1N=Nc1cc(F)c([N+](=O)[O-])cc1[N+](=O)[O-]. The summed E-state index contributed by atoms with van der Waals surface area (Å²) in [7, 11) is 0. The molecule has 1 amide bonds. The monoisotopic (exact) mass is 534 g/mol. The van der Waals surface area contributed by atoms with E-state index in [1.165, 1.54) is 32.9 Å². The number of amides is 1. The van der Waals surface area contributed by atoms with E-state index in [1.807, 2.05) is 0 Å². The van der Waals surface area contributed by atoms with E-state index in [-0.39, 0.29) is 37.7 Å². The van der Waals surface area contributed by atoms with Crippen molar-refractivity contribution in [3.05, 3.63) is 56.4 Å². The number of halogens is 1. The lowest BCUT2D eigenvalue weighted by Gasteiger charge is -2.25. The highest BCUT2D eigenvalue weighted by molar-refractivity contribution is 5.93. The highest BCUT2D eigenvalue weighted by Gasteiger charge is 2.25. The molecular formula is C22H23FN6O9. The molecule has 202 valence electrons. The van der Waals surface area contributed by atoms with Gasteiger partial charge in [0.15, 0.2) is 5.69 Å². The van der Waals surface area contributed by atoms with E-state index >= 15 is 0 Å². The van der Waals surface area contributed by atoms with E-state index < -0.39 is 50.6 Å². The zero-order valence-electron chi connectivity index (χ0n) is 20.5. The number of hydrogen-bond acceptors (Lipinski definition) is 12. The number of nitrogens with one attached hydrogen (secondary N) is 1. The summed E-state index contributed by atoms with van der Waals surface area (Å²) in [5.41, 5.74) is -1.88. The number of ether oxygens (including phenoxy) is 2. The summed E-state index contributed by atoms with van der Waals surface area (Å²) in [6, 6.07) is 5.39. The average Bonchev–Trinajstić information content (AvgIpc) is 2.81. The number of benzene rings is 2. The smallest absolute Gasteiger partial charge is 0.311 e. The summed E-state index contributed by atoms with van der Waals surface area (Å²) in [5, 5.41) is 32.3. The third kappa shape index (κ3) is 8.58. The fourth-order valence-electron chi connectivity index (χ4n) is 3.08. The van der Waals surface area contributed by atoms with Crippen molar-refractivity contribution in [2.75, 3.05) is 36.5 Å². The Morgan fingerprint density at radius 1 is 0.895 bits per heavy atom. The fourth-order valence-corrected chi connectivity index (χ4v) is 3.08. The highest BCUT2D eigenvalue weighted by Crippen LogP contribution is 2.36. The molecule has 0 aromatic heterocycles. The molecule has 0 aliphatic rings. The highest BCUT2D eigenvalue weighted by atomic mass is 19.1. The van der Waals surface area contributed by atoms with Gasteiger partial charge in [0.2, 0.25) is 11.7 Å². The summed E-state index contributed by atoms with van der Waals surface area (Å²) >= 11 is 0. The number of nitro groups is 2. The molecule has 0 saturated heterocycles. The Kier molecular flexibility index (Phi) is 10.2. The van der Waals surface area contributed by atoms with E-state index in [4.69, 9.17) is 9.47 Å². The van der Waals surface area contributed by atoms with E-state index in [2.05, 4.69) is 15.5 Å². The maximum atomic E-state index is 14.1. The van der Waals surface area contributed by atoms with Crippen LogP contribution < -0.4 is 10.2 Å². The molecule has 16 heteroatoms. The van der Waals surface area contributed by atoms with Crippen molar-refractivity contribution in [2.24, 2.45) is 10.2 Å². The Bertz CT molecular complexity index is 1260. The normalized spacial score (nSPS) is 10.6. The van der Waals surface area contributed by atoms with Crippen LogP contribution in [0.5, 0.6) is 0 Å². The van der Waals surface area contributed by atoms with E-state index in [9.17, 15) is 39.0 Å². The molecular weight excluding hydrogens is 511 g/mol. The first-order valence-corrected chi connectivity index (χ1v) is 10.9. The number of anilines is 2. The minimum Gasteiger partial charge on any atom is -0.464 e. The second kappa shape index (κ2) is 13.3. The molecule has 0 aliphatic heterocycles. The summed E-state index contributed by atoms with van der Waals surface area (Å²) in [5.74, 6) is -2.81. The first-order chi connectivity index (χ1) is 17.9. The Balaban J connectivity index is 2.46. The number of rotatable bonds is 12. The number of hydrogen-bond donors (Lipinski definition) is 1. The van der Waals surface area contributed by atoms with Gasteiger partial charge in [-0.15, -0.1) is 10.2 Å². The summed E-state index contributed by atoms with van der Waals surface area (Å²) in [6.07, 6.45) is 0. The zero-order chi connectivity index (χ0) is 28.4. The first kappa shape index (κ1) is 29.2. The molecule has 15 nitrogen and oxygen atoms in total. The fraction of sp³-hybridized carbons (Fsp3) is 0.318. The Morgan fingerprint density at radius 3 is 1.95 bits per heavy atom. The predicted octanol–water partition coefficient (Wildman–Crippen LogP) is 3.95. The zero-order valence-corrected chi connectivity index (χ0v) is 20.5. The minimum atomic E-state index is -1.34. The number of nitrogens with zero attached hydrogens (tertiary/aromatic N) is 5. The van der Waals surface area contributed by atoms with Crippen LogP contribution in [0.15, 0.2) is 40.6 Å². The van der Waals surface area contributed by atoms with Crippen molar-refractivity contribution >= 4 is 52.0 Å². The quantitative estimate of drug-likeness (QED) is 0.180. The summed E-state index contributed by atoms with van der Waals surface area (Å²) < 4.78 is 24.0. The molecule has 0 spiro atoms. The molecule has 0 bridgehead atoms. The number of azo groups is 1. The molecule has 0 unspecified atom stereocenters. The van der Waals surface area contributed by atoms with Gasteiger partial charge >= 0.3 is 23.3 Å². The molecule has 1 N–H and O–H groups in total.